The lowest BCUT2D eigenvalue weighted by Gasteiger charge is -2.24. The predicted octanol–water partition coefficient (Wildman–Crippen LogP) is 0.894. The van der Waals surface area contributed by atoms with Crippen molar-refractivity contribution in [3.63, 3.8) is 0 Å². The highest BCUT2D eigenvalue weighted by atomic mass is 79.9. The van der Waals surface area contributed by atoms with Gasteiger partial charge in [0.05, 0.1) is 16.4 Å². The topological polar surface area (TPSA) is 92.3 Å². The Hall–Kier alpha value is -0.480. The first-order valence-electron chi connectivity index (χ1n) is 6.83. The van der Waals surface area contributed by atoms with Crippen LogP contribution in [0.5, 0.6) is 0 Å². The summed E-state index contributed by atoms with van der Waals surface area (Å²) < 4.78 is 50.4. The Kier molecular flexibility index (Phi) is 5.33. The highest BCUT2D eigenvalue weighted by Crippen LogP contribution is 2.22. The second kappa shape index (κ2) is 6.56. The molecule has 1 atom stereocenters. The number of hydrogen-bond donors (Lipinski definition) is 2. The van der Waals surface area contributed by atoms with Crippen LogP contribution in [-0.2, 0) is 19.9 Å². The molecule has 9 heteroatoms. The Bertz CT molecular complexity index is 732. The second-order valence-corrected chi connectivity index (χ2v) is 10.5. The fourth-order valence-electron chi connectivity index (χ4n) is 2.40. The molecule has 1 aliphatic heterocycles. The molecule has 0 unspecified atom stereocenters. The van der Waals surface area contributed by atoms with Gasteiger partial charge < -0.3 is 5.32 Å². The summed E-state index contributed by atoms with van der Waals surface area (Å²) in [4.78, 5) is 0.199. The van der Waals surface area contributed by atoms with Crippen LogP contribution in [-0.4, -0.2) is 47.0 Å². The Morgan fingerprint density at radius 3 is 2.41 bits per heavy atom. The van der Waals surface area contributed by atoms with E-state index in [9.17, 15) is 16.8 Å². The van der Waals surface area contributed by atoms with E-state index < -0.39 is 25.4 Å². The van der Waals surface area contributed by atoms with E-state index in [1.807, 2.05) is 6.92 Å². The first-order chi connectivity index (χ1) is 10.1. The molecule has 1 fully saturated rings. The highest BCUT2D eigenvalue weighted by molar-refractivity contribution is 9.10. The highest BCUT2D eigenvalue weighted by Gasteiger charge is 2.37. The minimum Gasteiger partial charge on any atom is -0.309 e. The summed E-state index contributed by atoms with van der Waals surface area (Å²) >= 11 is 3.25. The van der Waals surface area contributed by atoms with Crippen LogP contribution in [0.2, 0.25) is 0 Å². The fraction of sp³-hybridized carbons (Fsp3) is 0.538. The zero-order chi connectivity index (χ0) is 16.4. The minimum atomic E-state index is -3.54. The second-order valence-electron chi connectivity index (χ2n) is 5.68. The van der Waals surface area contributed by atoms with Gasteiger partial charge >= 0.3 is 0 Å². The number of rotatable bonds is 6. The summed E-state index contributed by atoms with van der Waals surface area (Å²) in [5.41, 5.74) is -0.470. The molecule has 0 saturated carbocycles. The van der Waals surface area contributed by atoms with Crippen molar-refractivity contribution in [3.05, 3.63) is 28.7 Å². The van der Waals surface area contributed by atoms with E-state index in [4.69, 9.17) is 0 Å². The third-order valence-corrected chi connectivity index (χ3v) is 7.50. The van der Waals surface area contributed by atoms with E-state index in [1.165, 1.54) is 12.1 Å². The number of nitrogens with one attached hydrogen (secondary N) is 2. The smallest absolute Gasteiger partial charge is 0.240 e. The number of sulfone groups is 1. The van der Waals surface area contributed by atoms with Gasteiger partial charge in [-0.1, -0.05) is 15.9 Å². The zero-order valence-electron chi connectivity index (χ0n) is 12.2. The van der Waals surface area contributed by atoms with Gasteiger partial charge in [0.15, 0.2) is 9.84 Å². The molecular formula is C13H19BrN2O4S2. The molecule has 0 spiro atoms. The van der Waals surface area contributed by atoms with Crippen LogP contribution in [0.4, 0.5) is 0 Å². The van der Waals surface area contributed by atoms with Gasteiger partial charge in [0.25, 0.3) is 0 Å². The third-order valence-electron chi connectivity index (χ3n) is 3.60. The molecule has 124 valence electrons. The van der Waals surface area contributed by atoms with Crippen molar-refractivity contribution in [1.82, 2.24) is 10.0 Å². The van der Waals surface area contributed by atoms with Gasteiger partial charge in [0, 0.05) is 23.1 Å². The average Bonchev–Trinajstić information content (AvgIpc) is 2.70. The lowest BCUT2D eigenvalue weighted by atomic mass is 10.0. The molecule has 0 radical (unpaired) electrons. The molecule has 0 amide bonds. The molecule has 1 aliphatic rings. The maximum atomic E-state index is 12.1. The lowest BCUT2D eigenvalue weighted by molar-refractivity contribution is 0.400. The van der Waals surface area contributed by atoms with Crippen molar-refractivity contribution < 1.29 is 16.8 Å². The van der Waals surface area contributed by atoms with Crippen molar-refractivity contribution >= 4 is 35.8 Å². The van der Waals surface area contributed by atoms with Crippen LogP contribution in [0, 0.1) is 0 Å². The maximum Gasteiger partial charge on any atom is 0.240 e. The molecular weight excluding hydrogens is 392 g/mol. The van der Waals surface area contributed by atoms with E-state index in [-0.39, 0.29) is 22.9 Å². The Balaban J connectivity index is 1.85. The van der Waals surface area contributed by atoms with E-state index in [0.717, 1.165) is 4.47 Å². The number of hydrogen-bond acceptors (Lipinski definition) is 5. The van der Waals surface area contributed by atoms with Crippen molar-refractivity contribution in [2.24, 2.45) is 0 Å². The van der Waals surface area contributed by atoms with Crippen LogP contribution in [0.1, 0.15) is 13.3 Å². The first kappa shape index (κ1) is 17.9. The van der Waals surface area contributed by atoms with Crippen molar-refractivity contribution in [2.45, 2.75) is 23.8 Å². The fourth-order valence-corrected chi connectivity index (χ4v) is 5.82. The summed E-state index contributed by atoms with van der Waals surface area (Å²) in [6.07, 6.45) is 0.550. The summed E-state index contributed by atoms with van der Waals surface area (Å²) in [6.45, 7) is 2.43. The van der Waals surface area contributed by atoms with Crippen LogP contribution in [0.15, 0.2) is 33.6 Å². The summed E-state index contributed by atoms with van der Waals surface area (Å²) in [5.74, 6) is 0.278. The predicted molar refractivity (Wildman–Crippen MR) is 89.0 cm³/mol. The number of benzene rings is 1. The molecule has 1 saturated heterocycles. The largest absolute Gasteiger partial charge is 0.309 e. The van der Waals surface area contributed by atoms with E-state index in [1.54, 1.807) is 12.1 Å². The van der Waals surface area contributed by atoms with Gasteiger partial charge in [-0.3, -0.25) is 0 Å². The van der Waals surface area contributed by atoms with Gasteiger partial charge in [0.2, 0.25) is 10.0 Å². The Labute approximate surface area is 139 Å². The van der Waals surface area contributed by atoms with E-state index in [0.29, 0.717) is 13.0 Å². The maximum absolute atomic E-state index is 12.1. The van der Waals surface area contributed by atoms with Crippen molar-refractivity contribution in [3.8, 4) is 0 Å². The summed E-state index contributed by atoms with van der Waals surface area (Å²) in [7, 11) is -6.52. The molecule has 1 aromatic rings. The molecule has 1 heterocycles. The van der Waals surface area contributed by atoms with Crippen LogP contribution >= 0.6 is 15.9 Å². The van der Waals surface area contributed by atoms with E-state index >= 15 is 0 Å². The molecule has 2 rings (SSSR count). The lowest BCUT2D eigenvalue weighted by Crippen LogP contribution is -2.46. The minimum absolute atomic E-state index is 0.0967. The van der Waals surface area contributed by atoms with Gasteiger partial charge in [0.1, 0.15) is 0 Å². The van der Waals surface area contributed by atoms with Crippen molar-refractivity contribution in [1.29, 1.82) is 0 Å². The quantitative estimate of drug-likeness (QED) is 0.679. The van der Waals surface area contributed by atoms with Crippen LogP contribution < -0.4 is 10.0 Å². The monoisotopic (exact) mass is 410 g/mol. The van der Waals surface area contributed by atoms with Gasteiger partial charge in [-0.15, -0.1) is 0 Å². The van der Waals surface area contributed by atoms with Gasteiger partial charge in [-0.2, -0.15) is 0 Å². The zero-order valence-corrected chi connectivity index (χ0v) is 15.4. The van der Waals surface area contributed by atoms with Crippen LogP contribution in [0.25, 0.3) is 0 Å². The SMILES string of the molecule is C[C@@]1(NCCNS(=O)(=O)c2ccc(Br)cc2)CCS(=O)(=O)C1. The molecule has 6 nitrogen and oxygen atoms in total. The first-order valence-corrected chi connectivity index (χ1v) is 10.9. The summed E-state index contributed by atoms with van der Waals surface area (Å²) in [5, 5.41) is 3.13. The van der Waals surface area contributed by atoms with Crippen molar-refractivity contribution in [2.75, 3.05) is 24.6 Å². The Morgan fingerprint density at radius 1 is 1.23 bits per heavy atom. The summed E-state index contributed by atoms with van der Waals surface area (Å²) in [6, 6.07) is 6.36. The molecule has 1 aromatic carbocycles. The molecule has 2 N–H and O–H groups in total. The average molecular weight is 411 g/mol. The third kappa shape index (κ3) is 4.76. The van der Waals surface area contributed by atoms with Crippen LogP contribution in [0.3, 0.4) is 0 Å². The Morgan fingerprint density at radius 2 is 1.86 bits per heavy atom. The van der Waals surface area contributed by atoms with Gasteiger partial charge in [-0.05, 0) is 37.6 Å². The van der Waals surface area contributed by atoms with Gasteiger partial charge in [-0.25, -0.2) is 21.6 Å². The standard InChI is InChI=1S/C13H19BrN2O4S2/c1-13(6-9-21(17,18)10-13)15-7-8-16-22(19,20)12-4-2-11(14)3-5-12/h2-5,15-16H,6-10H2,1H3/t13-/m1/s1. The molecule has 0 aromatic heterocycles. The van der Waals surface area contributed by atoms with E-state index in [2.05, 4.69) is 26.0 Å². The number of halogens is 1. The molecule has 0 bridgehead atoms. The molecule has 22 heavy (non-hydrogen) atoms. The normalized spacial score (nSPS) is 24.5. The number of sulfonamides is 1. The molecule has 0 aliphatic carbocycles.